The van der Waals surface area contributed by atoms with Crippen LogP contribution in [0.1, 0.15) is 73.2 Å². The van der Waals surface area contributed by atoms with Crippen molar-refractivity contribution in [1.82, 2.24) is 20.3 Å². The molecule has 1 aliphatic heterocycles. The molecule has 0 unspecified atom stereocenters. The average Bonchev–Trinajstić information content (AvgIpc) is 3.35. The topological polar surface area (TPSA) is 210 Å². The van der Waals surface area contributed by atoms with Gasteiger partial charge in [-0.1, -0.05) is 5.21 Å². The number of amides is 1. The van der Waals surface area contributed by atoms with Crippen molar-refractivity contribution in [3.63, 3.8) is 0 Å². The van der Waals surface area contributed by atoms with Gasteiger partial charge in [-0.05, 0) is 40.0 Å². The van der Waals surface area contributed by atoms with Gasteiger partial charge in [0.2, 0.25) is 0 Å². The number of carbonyl (C=O) groups is 6. The molecule has 2 heterocycles. The fraction of sp³-hybridized carbons (Fsp3) is 0.704. The molecule has 1 saturated heterocycles. The van der Waals surface area contributed by atoms with Crippen LogP contribution in [0.3, 0.4) is 0 Å². The van der Waals surface area contributed by atoms with E-state index in [-0.39, 0.29) is 12.8 Å². The van der Waals surface area contributed by atoms with E-state index < -0.39 is 84.8 Å². The van der Waals surface area contributed by atoms with Crippen molar-refractivity contribution in [2.75, 3.05) is 13.7 Å². The first-order chi connectivity index (χ1) is 20.5. The number of carbonyl (C=O) groups excluding carboxylic acids is 6. The van der Waals surface area contributed by atoms with E-state index in [0.717, 1.165) is 20.8 Å². The van der Waals surface area contributed by atoms with Gasteiger partial charge in [-0.2, -0.15) is 0 Å². The molecular formula is C27H40N4O13. The second-order valence-electron chi connectivity index (χ2n) is 10.9. The summed E-state index contributed by atoms with van der Waals surface area (Å²) in [5.41, 5.74) is -0.336. The number of aromatic nitrogens is 3. The maximum absolute atomic E-state index is 12.2. The summed E-state index contributed by atoms with van der Waals surface area (Å²) in [6.07, 6.45) is -4.92. The molecule has 246 valence electrons. The number of methoxy groups -OCH3 is 1. The third-order valence-electron chi connectivity index (χ3n) is 5.89. The molecule has 0 bridgehead atoms. The van der Waals surface area contributed by atoms with Crippen LogP contribution in [0.25, 0.3) is 0 Å². The Morgan fingerprint density at radius 1 is 0.932 bits per heavy atom. The summed E-state index contributed by atoms with van der Waals surface area (Å²) >= 11 is 0. The minimum Gasteiger partial charge on any atom is -0.467 e. The van der Waals surface area contributed by atoms with E-state index in [1.165, 1.54) is 24.9 Å². The zero-order valence-corrected chi connectivity index (χ0v) is 26.0. The number of ether oxygens (including phenoxy) is 7. The van der Waals surface area contributed by atoms with E-state index in [2.05, 4.69) is 15.6 Å². The highest BCUT2D eigenvalue weighted by molar-refractivity contribution is 5.81. The summed E-state index contributed by atoms with van der Waals surface area (Å²) in [6.45, 7) is 9.22. The van der Waals surface area contributed by atoms with Crippen molar-refractivity contribution in [2.45, 2.75) is 110 Å². The van der Waals surface area contributed by atoms with Gasteiger partial charge in [0.05, 0.1) is 19.0 Å². The molecule has 17 nitrogen and oxygen atoms in total. The zero-order chi connectivity index (χ0) is 33.2. The number of nitrogens with one attached hydrogen (secondary N) is 1. The molecule has 0 saturated carbocycles. The number of esters is 5. The third-order valence-corrected chi connectivity index (χ3v) is 5.89. The number of hydrogen-bond donors (Lipinski definition) is 1. The molecule has 1 aliphatic rings. The lowest BCUT2D eigenvalue weighted by molar-refractivity contribution is -0.270. The lowest BCUT2D eigenvalue weighted by Crippen LogP contribution is -2.60. The van der Waals surface area contributed by atoms with E-state index >= 15 is 0 Å². The maximum Gasteiger partial charge on any atom is 0.408 e. The first-order valence-electron chi connectivity index (χ1n) is 13.8. The zero-order valence-electron chi connectivity index (χ0n) is 26.0. The highest BCUT2D eigenvalue weighted by atomic mass is 16.7. The first kappa shape index (κ1) is 35.9. The van der Waals surface area contributed by atoms with Crippen LogP contribution in [-0.2, 0) is 63.6 Å². The lowest BCUT2D eigenvalue weighted by Gasteiger charge is -2.44. The first-order valence-corrected chi connectivity index (χ1v) is 13.8. The molecule has 0 spiro atoms. The average molecular weight is 629 g/mol. The fourth-order valence-electron chi connectivity index (χ4n) is 4.30. The molecular weight excluding hydrogens is 588 g/mol. The summed E-state index contributed by atoms with van der Waals surface area (Å²) in [6, 6.07) is -0.982. The highest BCUT2D eigenvalue weighted by Crippen LogP contribution is 2.34. The highest BCUT2D eigenvalue weighted by Gasteiger charge is 2.53. The summed E-state index contributed by atoms with van der Waals surface area (Å²) < 4.78 is 38.6. The Morgan fingerprint density at radius 2 is 1.52 bits per heavy atom. The minimum atomic E-state index is -1.37. The van der Waals surface area contributed by atoms with Gasteiger partial charge in [-0.3, -0.25) is 19.2 Å². The fourth-order valence-corrected chi connectivity index (χ4v) is 4.30. The number of aryl methyl sites for hydroxylation is 1. The van der Waals surface area contributed by atoms with E-state index in [4.69, 9.17) is 33.2 Å². The van der Waals surface area contributed by atoms with Crippen LogP contribution in [0.4, 0.5) is 4.79 Å². The molecule has 1 aromatic heterocycles. The van der Waals surface area contributed by atoms with E-state index in [1.54, 1.807) is 20.8 Å². The Morgan fingerprint density at radius 3 is 2.07 bits per heavy atom. The largest absolute Gasteiger partial charge is 0.467 e. The molecule has 1 fully saturated rings. The summed E-state index contributed by atoms with van der Waals surface area (Å²) in [7, 11) is 1.20. The normalized spacial score (nSPS) is 22.1. The summed E-state index contributed by atoms with van der Waals surface area (Å²) in [5.74, 6) is -3.58. The number of nitrogens with zero attached hydrogens (tertiary/aromatic N) is 3. The molecule has 1 N–H and O–H groups in total. The van der Waals surface area contributed by atoms with Gasteiger partial charge < -0.3 is 38.5 Å². The third kappa shape index (κ3) is 11.4. The van der Waals surface area contributed by atoms with Crippen LogP contribution in [-0.4, -0.2) is 101 Å². The second-order valence-corrected chi connectivity index (χ2v) is 10.9. The Kier molecular flexibility index (Phi) is 13.0. The monoisotopic (exact) mass is 628 g/mol. The van der Waals surface area contributed by atoms with E-state index in [1.807, 2.05) is 0 Å². The second kappa shape index (κ2) is 16.0. The molecule has 6 atom stereocenters. The van der Waals surface area contributed by atoms with Crippen molar-refractivity contribution >= 4 is 35.9 Å². The number of rotatable bonds is 12. The van der Waals surface area contributed by atoms with Gasteiger partial charge in [0.15, 0.2) is 24.5 Å². The Labute approximate surface area is 254 Å². The number of alkyl carbamates (subject to hydrolysis) is 1. The van der Waals surface area contributed by atoms with E-state index in [0.29, 0.717) is 12.1 Å². The Bertz CT molecular complexity index is 1190. The van der Waals surface area contributed by atoms with Crippen LogP contribution in [0, 0.1) is 0 Å². The standard InChI is InChI=1S/C27H40N4O13/c1-14(32)39-13-20-21(40-15(2)33)22(41-16(3)34)23(42-17(4)35)24(43-20)31-12-18(29-30-31)10-9-11-19(25(36)38-8)28-26(37)44-27(5,6)7/h12,19-24H,9-11,13H2,1-8H3,(H,28,37)/t19-,20+,21+,22-,23+,24+/m0/s1. The van der Waals surface area contributed by atoms with Crippen LogP contribution >= 0.6 is 0 Å². The quantitative estimate of drug-likeness (QED) is 0.252. The Balaban J connectivity index is 2.29. The van der Waals surface area contributed by atoms with Crippen molar-refractivity contribution in [1.29, 1.82) is 0 Å². The summed E-state index contributed by atoms with van der Waals surface area (Å²) in [5, 5.41) is 10.7. The molecule has 17 heteroatoms. The van der Waals surface area contributed by atoms with Gasteiger partial charge in [0.25, 0.3) is 0 Å². The van der Waals surface area contributed by atoms with Crippen LogP contribution in [0.2, 0.25) is 0 Å². The molecule has 0 radical (unpaired) electrons. The molecule has 1 aromatic rings. The summed E-state index contributed by atoms with van der Waals surface area (Å²) in [4.78, 5) is 72.0. The molecule has 2 rings (SSSR count). The van der Waals surface area contributed by atoms with E-state index in [9.17, 15) is 28.8 Å². The van der Waals surface area contributed by atoms with Gasteiger partial charge in [0, 0.05) is 27.7 Å². The molecule has 1 amide bonds. The van der Waals surface area contributed by atoms with Gasteiger partial charge >= 0.3 is 35.9 Å². The lowest BCUT2D eigenvalue weighted by atomic mass is 9.97. The Hall–Kier alpha value is -4.28. The smallest absolute Gasteiger partial charge is 0.408 e. The van der Waals surface area contributed by atoms with Gasteiger partial charge in [0.1, 0.15) is 24.4 Å². The molecule has 44 heavy (non-hydrogen) atoms. The van der Waals surface area contributed by atoms with Crippen LogP contribution < -0.4 is 5.32 Å². The minimum absolute atomic E-state index is 0.178. The van der Waals surface area contributed by atoms with Gasteiger partial charge in [-0.15, -0.1) is 5.10 Å². The van der Waals surface area contributed by atoms with Crippen molar-refractivity contribution in [3.05, 3.63) is 11.9 Å². The van der Waals surface area contributed by atoms with Crippen LogP contribution in [0.5, 0.6) is 0 Å². The van der Waals surface area contributed by atoms with Crippen molar-refractivity contribution < 1.29 is 61.9 Å². The van der Waals surface area contributed by atoms with Crippen molar-refractivity contribution in [2.24, 2.45) is 0 Å². The van der Waals surface area contributed by atoms with Crippen molar-refractivity contribution in [3.8, 4) is 0 Å². The SMILES string of the molecule is COC(=O)[C@H](CCCc1cn([C@@H]2O[C@H](COC(C)=O)[C@@H](OC(C)=O)[C@H](OC(C)=O)[C@H]2OC(C)=O)nn1)NC(=O)OC(C)(C)C. The number of hydrogen-bond acceptors (Lipinski definition) is 15. The van der Waals surface area contributed by atoms with Crippen LogP contribution in [0.15, 0.2) is 6.20 Å². The predicted octanol–water partition coefficient (Wildman–Crippen LogP) is 0.923. The van der Waals surface area contributed by atoms with Gasteiger partial charge in [-0.25, -0.2) is 14.3 Å². The molecule has 0 aromatic carbocycles. The maximum atomic E-state index is 12.2. The molecule has 0 aliphatic carbocycles. The predicted molar refractivity (Wildman–Crippen MR) is 145 cm³/mol.